The molecule has 7 nitrogen and oxygen atoms in total. The fraction of sp³-hybridized carbons (Fsp3) is 0.217. The van der Waals surface area contributed by atoms with Crippen LogP contribution in [0, 0.1) is 0 Å². The predicted molar refractivity (Wildman–Crippen MR) is 119 cm³/mol. The Bertz CT molecular complexity index is 1180. The maximum atomic E-state index is 13.2. The zero-order valence-corrected chi connectivity index (χ0v) is 17.7. The van der Waals surface area contributed by atoms with Gasteiger partial charge < -0.3 is 10.2 Å². The third kappa shape index (κ3) is 3.19. The number of rotatable bonds is 4. The number of thiazole rings is 1. The van der Waals surface area contributed by atoms with Crippen molar-refractivity contribution in [3.05, 3.63) is 65.7 Å². The number of carbonyl (C=O) groups is 3. The minimum atomic E-state index is -0.853. The number of benzene rings is 2. The van der Waals surface area contributed by atoms with Crippen LogP contribution in [0.15, 0.2) is 60.1 Å². The number of amides is 3. The van der Waals surface area contributed by atoms with Crippen molar-refractivity contribution in [2.45, 2.75) is 25.4 Å². The van der Waals surface area contributed by atoms with Crippen molar-refractivity contribution < 1.29 is 14.4 Å². The van der Waals surface area contributed by atoms with E-state index in [1.54, 1.807) is 40.6 Å². The number of anilines is 2. The topological polar surface area (TPSA) is 82.6 Å². The average Bonchev–Trinajstić information content (AvgIpc) is 3.41. The van der Waals surface area contributed by atoms with E-state index in [0.29, 0.717) is 29.8 Å². The summed E-state index contributed by atoms with van der Waals surface area (Å²) in [5.41, 5.74) is 1.82. The van der Waals surface area contributed by atoms with Gasteiger partial charge in [-0.3, -0.25) is 19.3 Å². The Morgan fingerprint density at radius 3 is 2.68 bits per heavy atom. The quantitative estimate of drug-likeness (QED) is 0.681. The van der Waals surface area contributed by atoms with Gasteiger partial charge in [-0.15, -0.1) is 11.3 Å². The largest absolute Gasteiger partial charge is 0.325 e. The smallest absolute Gasteiger partial charge is 0.258 e. The third-order valence-electron chi connectivity index (χ3n) is 5.90. The van der Waals surface area contributed by atoms with Crippen molar-refractivity contribution in [2.24, 2.45) is 0 Å². The van der Waals surface area contributed by atoms with Crippen molar-refractivity contribution in [1.82, 2.24) is 9.88 Å². The molecule has 2 aromatic carbocycles. The van der Waals surface area contributed by atoms with E-state index in [9.17, 15) is 14.4 Å². The van der Waals surface area contributed by atoms with Gasteiger partial charge >= 0.3 is 0 Å². The Hall–Kier alpha value is -3.52. The fourth-order valence-electron chi connectivity index (χ4n) is 4.35. The van der Waals surface area contributed by atoms with Crippen LogP contribution in [0.1, 0.15) is 30.1 Å². The molecular weight excluding hydrogens is 412 g/mol. The van der Waals surface area contributed by atoms with Crippen molar-refractivity contribution in [1.29, 1.82) is 0 Å². The Labute approximate surface area is 183 Å². The zero-order chi connectivity index (χ0) is 21.6. The number of carbonyl (C=O) groups excluding carboxylic acids is 3. The van der Waals surface area contributed by atoms with E-state index >= 15 is 0 Å². The van der Waals surface area contributed by atoms with Crippen LogP contribution in [-0.4, -0.2) is 39.8 Å². The molecule has 1 fully saturated rings. The third-order valence-corrected chi connectivity index (χ3v) is 6.72. The van der Waals surface area contributed by atoms with Crippen LogP contribution in [0.3, 0.4) is 0 Å². The SMILES string of the molecule is CC12CCC(=O)N1c1ccccc1C(=O)N2CC(=O)Nc1ccc(-c2nccs2)cc1. The maximum absolute atomic E-state index is 13.2. The van der Waals surface area contributed by atoms with Crippen LogP contribution in [-0.2, 0) is 9.59 Å². The van der Waals surface area contributed by atoms with E-state index in [4.69, 9.17) is 0 Å². The first-order chi connectivity index (χ1) is 15.0. The molecule has 3 aromatic rings. The Balaban J connectivity index is 1.37. The van der Waals surface area contributed by atoms with Crippen LogP contribution in [0.2, 0.25) is 0 Å². The summed E-state index contributed by atoms with van der Waals surface area (Å²) in [6.45, 7) is 1.71. The summed E-state index contributed by atoms with van der Waals surface area (Å²) in [5.74, 6) is -0.584. The lowest BCUT2D eigenvalue weighted by atomic mass is 9.98. The molecule has 31 heavy (non-hydrogen) atoms. The molecule has 1 N–H and O–H groups in total. The molecule has 8 heteroatoms. The predicted octanol–water partition coefficient (Wildman–Crippen LogP) is 3.75. The van der Waals surface area contributed by atoms with Crippen LogP contribution in [0.5, 0.6) is 0 Å². The molecule has 2 aliphatic rings. The van der Waals surface area contributed by atoms with E-state index in [1.807, 2.05) is 42.6 Å². The molecule has 1 unspecified atom stereocenters. The van der Waals surface area contributed by atoms with Gasteiger partial charge in [0.25, 0.3) is 5.91 Å². The van der Waals surface area contributed by atoms with Gasteiger partial charge in [-0.05, 0) is 49.7 Å². The molecule has 2 aliphatic heterocycles. The number of nitrogens with zero attached hydrogens (tertiary/aromatic N) is 3. The lowest BCUT2D eigenvalue weighted by Gasteiger charge is -2.48. The van der Waals surface area contributed by atoms with Crippen LogP contribution < -0.4 is 10.2 Å². The second kappa shape index (κ2) is 7.31. The first kappa shape index (κ1) is 19.4. The number of hydrogen-bond acceptors (Lipinski definition) is 5. The van der Waals surface area contributed by atoms with Crippen molar-refractivity contribution in [3.63, 3.8) is 0 Å². The molecule has 3 heterocycles. The van der Waals surface area contributed by atoms with Gasteiger partial charge in [-0.25, -0.2) is 4.98 Å². The number of fused-ring (bicyclic) bond motifs is 3. The minimum Gasteiger partial charge on any atom is -0.325 e. The van der Waals surface area contributed by atoms with Gasteiger partial charge in [-0.2, -0.15) is 0 Å². The summed E-state index contributed by atoms with van der Waals surface area (Å²) in [6, 6.07) is 14.5. The summed E-state index contributed by atoms with van der Waals surface area (Å²) in [5, 5.41) is 5.69. The first-order valence-electron chi connectivity index (χ1n) is 10.0. The standard InChI is InChI=1S/C23H20N4O3S/c1-23-11-10-20(29)27(23)18-5-3-2-4-17(18)22(30)26(23)14-19(28)25-16-8-6-15(7-9-16)21-24-12-13-31-21/h2-9,12-13H,10-11,14H2,1H3,(H,25,28). The minimum absolute atomic E-state index is 0.0365. The Morgan fingerprint density at radius 2 is 1.94 bits per heavy atom. The molecule has 0 spiro atoms. The van der Waals surface area contributed by atoms with Crippen molar-refractivity contribution in [3.8, 4) is 10.6 Å². The van der Waals surface area contributed by atoms with Crippen LogP contribution in [0.4, 0.5) is 11.4 Å². The van der Waals surface area contributed by atoms with Gasteiger partial charge in [0.1, 0.15) is 17.2 Å². The molecular formula is C23H20N4O3S. The Morgan fingerprint density at radius 1 is 1.16 bits per heavy atom. The number of hydrogen-bond donors (Lipinski definition) is 1. The first-order valence-corrected chi connectivity index (χ1v) is 10.9. The monoisotopic (exact) mass is 432 g/mol. The van der Waals surface area contributed by atoms with E-state index < -0.39 is 5.66 Å². The van der Waals surface area contributed by atoms with Crippen molar-refractivity contribution >= 4 is 40.4 Å². The number of aromatic nitrogens is 1. The highest BCUT2D eigenvalue weighted by Crippen LogP contribution is 2.43. The molecule has 3 amide bonds. The molecule has 5 rings (SSSR count). The molecule has 0 aliphatic carbocycles. The highest BCUT2D eigenvalue weighted by Gasteiger charge is 2.53. The molecule has 1 aromatic heterocycles. The summed E-state index contributed by atoms with van der Waals surface area (Å²) in [7, 11) is 0. The highest BCUT2D eigenvalue weighted by molar-refractivity contribution is 7.13. The van der Waals surface area contributed by atoms with Crippen molar-refractivity contribution in [2.75, 3.05) is 16.8 Å². The second-order valence-corrected chi connectivity index (χ2v) is 8.71. The molecule has 1 atom stereocenters. The van der Waals surface area contributed by atoms with Gasteiger partial charge in [-0.1, -0.05) is 12.1 Å². The van der Waals surface area contributed by atoms with Gasteiger partial charge in [0.15, 0.2) is 0 Å². The second-order valence-electron chi connectivity index (χ2n) is 7.82. The molecule has 0 saturated carbocycles. The highest BCUT2D eigenvalue weighted by atomic mass is 32.1. The number of para-hydroxylation sites is 1. The van der Waals surface area contributed by atoms with Gasteiger partial charge in [0, 0.05) is 29.2 Å². The molecule has 1 saturated heterocycles. The number of nitrogens with one attached hydrogen (secondary N) is 1. The normalized spacial score (nSPS) is 19.9. The fourth-order valence-corrected chi connectivity index (χ4v) is 4.99. The van der Waals surface area contributed by atoms with Crippen LogP contribution in [0.25, 0.3) is 10.6 Å². The lowest BCUT2D eigenvalue weighted by Crippen LogP contribution is -2.63. The van der Waals surface area contributed by atoms with E-state index in [-0.39, 0.29) is 24.3 Å². The van der Waals surface area contributed by atoms with E-state index in [0.717, 1.165) is 10.6 Å². The molecule has 0 radical (unpaired) electrons. The summed E-state index contributed by atoms with van der Waals surface area (Å²) < 4.78 is 0. The van der Waals surface area contributed by atoms with E-state index in [2.05, 4.69) is 10.3 Å². The zero-order valence-electron chi connectivity index (χ0n) is 16.9. The lowest BCUT2D eigenvalue weighted by molar-refractivity contribution is -0.120. The van der Waals surface area contributed by atoms with Crippen LogP contribution >= 0.6 is 11.3 Å². The Kier molecular flexibility index (Phi) is 4.59. The molecule has 156 valence electrons. The average molecular weight is 433 g/mol. The van der Waals surface area contributed by atoms with Gasteiger partial charge in [0.05, 0.1) is 11.3 Å². The maximum Gasteiger partial charge on any atom is 0.258 e. The summed E-state index contributed by atoms with van der Waals surface area (Å²) in [6.07, 6.45) is 2.58. The summed E-state index contributed by atoms with van der Waals surface area (Å²) in [4.78, 5) is 46.2. The summed E-state index contributed by atoms with van der Waals surface area (Å²) >= 11 is 1.55. The molecule has 0 bridgehead atoms. The van der Waals surface area contributed by atoms with Gasteiger partial charge in [0.2, 0.25) is 11.8 Å². The van der Waals surface area contributed by atoms with E-state index in [1.165, 1.54) is 4.90 Å².